The predicted molar refractivity (Wildman–Crippen MR) is 67.1 cm³/mol. The SMILES string of the molecule is CNCCCOCc1cc(Br)ccc1C. The molecule has 0 radical (unpaired) electrons. The molecular weight excluding hydrogens is 254 g/mol. The normalized spacial score (nSPS) is 10.6. The van der Waals surface area contributed by atoms with E-state index in [9.17, 15) is 0 Å². The third kappa shape index (κ3) is 4.78. The van der Waals surface area contributed by atoms with Crippen molar-refractivity contribution >= 4 is 15.9 Å². The molecule has 2 nitrogen and oxygen atoms in total. The minimum Gasteiger partial charge on any atom is -0.377 e. The Morgan fingerprint density at radius 3 is 2.93 bits per heavy atom. The number of nitrogens with one attached hydrogen (secondary N) is 1. The summed E-state index contributed by atoms with van der Waals surface area (Å²) in [6, 6.07) is 6.28. The highest BCUT2D eigenvalue weighted by Gasteiger charge is 1.99. The summed E-state index contributed by atoms with van der Waals surface area (Å²) in [7, 11) is 1.96. The highest BCUT2D eigenvalue weighted by atomic mass is 79.9. The molecule has 0 unspecified atom stereocenters. The summed E-state index contributed by atoms with van der Waals surface area (Å²) in [6.45, 7) is 4.64. The van der Waals surface area contributed by atoms with Gasteiger partial charge in [0, 0.05) is 11.1 Å². The highest BCUT2D eigenvalue weighted by molar-refractivity contribution is 9.10. The lowest BCUT2D eigenvalue weighted by atomic mass is 10.1. The van der Waals surface area contributed by atoms with Gasteiger partial charge >= 0.3 is 0 Å². The van der Waals surface area contributed by atoms with E-state index in [1.54, 1.807) is 0 Å². The fraction of sp³-hybridized carbons (Fsp3) is 0.500. The molecule has 0 saturated carbocycles. The van der Waals surface area contributed by atoms with Gasteiger partial charge in [0.1, 0.15) is 0 Å². The first-order valence-electron chi connectivity index (χ1n) is 5.21. The van der Waals surface area contributed by atoms with E-state index in [0.717, 1.165) is 24.0 Å². The molecule has 1 aromatic carbocycles. The molecule has 15 heavy (non-hydrogen) atoms. The topological polar surface area (TPSA) is 21.3 Å². The Balaban J connectivity index is 2.33. The number of benzene rings is 1. The van der Waals surface area contributed by atoms with Gasteiger partial charge in [-0.2, -0.15) is 0 Å². The van der Waals surface area contributed by atoms with Gasteiger partial charge in [-0.15, -0.1) is 0 Å². The number of hydrogen-bond acceptors (Lipinski definition) is 2. The maximum absolute atomic E-state index is 5.60. The van der Waals surface area contributed by atoms with Crippen molar-refractivity contribution in [3.63, 3.8) is 0 Å². The van der Waals surface area contributed by atoms with E-state index in [-0.39, 0.29) is 0 Å². The Hall–Kier alpha value is -0.380. The standard InChI is InChI=1S/C12H18BrNO/c1-10-4-5-12(13)8-11(10)9-15-7-3-6-14-2/h4-5,8,14H,3,6-7,9H2,1-2H3. The minimum atomic E-state index is 0.703. The van der Waals surface area contributed by atoms with E-state index in [1.165, 1.54) is 11.1 Å². The second kappa shape index (κ2) is 6.99. The second-order valence-corrected chi connectivity index (χ2v) is 4.50. The van der Waals surface area contributed by atoms with Gasteiger partial charge in [-0.05, 0) is 50.2 Å². The Labute approximate surface area is 100 Å². The molecular formula is C12H18BrNO. The molecule has 0 fully saturated rings. The molecule has 84 valence electrons. The van der Waals surface area contributed by atoms with Gasteiger partial charge in [-0.3, -0.25) is 0 Å². The van der Waals surface area contributed by atoms with E-state index in [2.05, 4.69) is 46.4 Å². The summed E-state index contributed by atoms with van der Waals surface area (Å²) in [5.74, 6) is 0. The number of rotatable bonds is 6. The lowest BCUT2D eigenvalue weighted by Crippen LogP contribution is -2.10. The van der Waals surface area contributed by atoms with Crippen molar-refractivity contribution in [3.05, 3.63) is 33.8 Å². The van der Waals surface area contributed by atoms with Crippen molar-refractivity contribution in [1.29, 1.82) is 0 Å². The van der Waals surface area contributed by atoms with Crippen molar-refractivity contribution < 1.29 is 4.74 Å². The maximum atomic E-state index is 5.60. The quantitative estimate of drug-likeness (QED) is 0.804. The second-order valence-electron chi connectivity index (χ2n) is 3.58. The molecule has 0 saturated heterocycles. The Morgan fingerprint density at radius 1 is 1.40 bits per heavy atom. The van der Waals surface area contributed by atoms with E-state index in [1.807, 2.05) is 7.05 Å². The minimum absolute atomic E-state index is 0.703. The number of halogens is 1. The lowest BCUT2D eigenvalue weighted by Gasteiger charge is -2.07. The fourth-order valence-electron chi connectivity index (χ4n) is 1.33. The van der Waals surface area contributed by atoms with Crippen molar-refractivity contribution in [2.24, 2.45) is 0 Å². The Bertz CT molecular complexity index is 302. The molecule has 3 heteroatoms. The van der Waals surface area contributed by atoms with Crippen LogP contribution in [0, 0.1) is 6.92 Å². The number of aryl methyl sites for hydroxylation is 1. The van der Waals surface area contributed by atoms with E-state index >= 15 is 0 Å². The molecule has 0 aliphatic heterocycles. The molecule has 0 bridgehead atoms. The highest BCUT2D eigenvalue weighted by Crippen LogP contribution is 2.16. The summed E-state index contributed by atoms with van der Waals surface area (Å²) < 4.78 is 6.71. The molecule has 1 N–H and O–H groups in total. The average molecular weight is 272 g/mol. The van der Waals surface area contributed by atoms with Crippen molar-refractivity contribution in [3.8, 4) is 0 Å². The molecule has 0 atom stereocenters. The van der Waals surface area contributed by atoms with Crippen LogP contribution in [0.15, 0.2) is 22.7 Å². The zero-order valence-corrected chi connectivity index (χ0v) is 10.9. The molecule has 0 spiro atoms. The summed E-state index contributed by atoms with van der Waals surface area (Å²) in [4.78, 5) is 0. The van der Waals surface area contributed by atoms with Gasteiger partial charge in [-0.1, -0.05) is 22.0 Å². The van der Waals surface area contributed by atoms with Crippen molar-refractivity contribution in [2.75, 3.05) is 20.2 Å². The summed E-state index contributed by atoms with van der Waals surface area (Å²) in [5.41, 5.74) is 2.54. The largest absolute Gasteiger partial charge is 0.377 e. The van der Waals surface area contributed by atoms with E-state index in [0.29, 0.717) is 6.61 Å². The lowest BCUT2D eigenvalue weighted by molar-refractivity contribution is 0.118. The first kappa shape index (κ1) is 12.7. The van der Waals surface area contributed by atoms with Crippen LogP contribution in [0.2, 0.25) is 0 Å². The third-order valence-electron chi connectivity index (χ3n) is 2.28. The van der Waals surface area contributed by atoms with Crippen molar-refractivity contribution in [1.82, 2.24) is 5.32 Å². The zero-order valence-electron chi connectivity index (χ0n) is 9.35. The molecule has 1 rings (SSSR count). The molecule has 0 heterocycles. The maximum Gasteiger partial charge on any atom is 0.0719 e. The van der Waals surface area contributed by atoms with Crippen LogP contribution in [0.5, 0.6) is 0 Å². The predicted octanol–water partition coefficient (Wildman–Crippen LogP) is 2.88. The number of hydrogen-bond donors (Lipinski definition) is 1. The van der Waals surface area contributed by atoms with Gasteiger partial charge < -0.3 is 10.1 Å². The molecule has 0 aromatic heterocycles. The van der Waals surface area contributed by atoms with Gasteiger partial charge in [-0.25, -0.2) is 0 Å². The van der Waals surface area contributed by atoms with Crippen molar-refractivity contribution in [2.45, 2.75) is 20.0 Å². The van der Waals surface area contributed by atoms with Crippen LogP contribution < -0.4 is 5.32 Å². The molecule has 0 aliphatic rings. The van der Waals surface area contributed by atoms with Crippen LogP contribution in [-0.2, 0) is 11.3 Å². The first-order valence-corrected chi connectivity index (χ1v) is 6.00. The average Bonchev–Trinajstić information content (AvgIpc) is 2.23. The Kier molecular flexibility index (Phi) is 5.91. The van der Waals surface area contributed by atoms with Crippen LogP contribution >= 0.6 is 15.9 Å². The summed E-state index contributed by atoms with van der Waals surface area (Å²) in [6.07, 6.45) is 1.06. The van der Waals surface area contributed by atoms with Crippen LogP contribution in [0.25, 0.3) is 0 Å². The molecule has 0 aliphatic carbocycles. The fourth-order valence-corrected chi connectivity index (χ4v) is 1.74. The van der Waals surface area contributed by atoms with Gasteiger partial charge in [0.15, 0.2) is 0 Å². The smallest absolute Gasteiger partial charge is 0.0719 e. The first-order chi connectivity index (χ1) is 7.24. The van der Waals surface area contributed by atoms with Crippen LogP contribution in [0.3, 0.4) is 0 Å². The Morgan fingerprint density at radius 2 is 2.20 bits per heavy atom. The van der Waals surface area contributed by atoms with E-state index < -0.39 is 0 Å². The molecule has 1 aromatic rings. The number of ether oxygens (including phenoxy) is 1. The van der Waals surface area contributed by atoms with Crippen LogP contribution in [-0.4, -0.2) is 20.2 Å². The molecule has 0 amide bonds. The van der Waals surface area contributed by atoms with Gasteiger partial charge in [0.2, 0.25) is 0 Å². The third-order valence-corrected chi connectivity index (χ3v) is 2.78. The summed E-state index contributed by atoms with van der Waals surface area (Å²) >= 11 is 3.46. The monoisotopic (exact) mass is 271 g/mol. The van der Waals surface area contributed by atoms with E-state index in [4.69, 9.17) is 4.74 Å². The van der Waals surface area contributed by atoms with Gasteiger partial charge in [0.25, 0.3) is 0 Å². The van der Waals surface area contributed by atoms with Gasteiger partial charge in [0.05, 0.1) is 6.61 Å². The van der Waals surface area contributed by atoms with Crippen LogP contribution in [0.4, 0.5) is 0 Å². The zero-order chi connectivity index (χ0) is 11.1. The van der Waals surface area contributed by atoms with Crippen LogP contribution in [0.1, 0.15) is 17.5 Å². The summed E-state index contributed by atoms with van der Waals surface area (Å²) in [5, 5.41) is 3.10.